The minimum atomic E-state index is -1.52. The van der Waals surface area contributed by atoms with Crippen molar-refractivity contribution in [2.24, 2.45) is 0 Å². The Morgan fingerprint density at radius 2 is 1.68 bits per heavy atom. The molecule has 2 aromatic carbocycles. The molecule has 1 aromatic heterocycles. The molecule has 1 saturated heterocycles. The largest absolute Gasteiger partial charge is 0.477 e. The third-order valence-electron chi connectivity index (χ3n) is 4.91. The fraction of sp³-hybridized carbons (Fsp3) is 0.200. The van der Waals surface area contributed by atoms with Crippen LogP contribution in [0.3, 0.4) is 0 Å². The Labute approximate surface area is 157 Å². The molecule has 0 amide bonds. The Bertz CT molecular complexity index is 1150. The molecule has 1 aliphatic rings. The van der Waals surface area contributed by atoms with Crippen LogP contribution in [0.2, 0.25) is 0 Å². The van der Waals surface area contributed by atoms with Crippen LogP contribution in [0, 0.1) is 17.5 Å². The van der Waals surface area contributed by atoms with E-state index in [4.69, 9.17) is 0 Å². The molecule has 0 aliphatic carbocycles. The summed E-state index contributed by atoms with van der Waals surface area (Å²) in [5, 5.41) is 8.95. The van der Waals surface area contributed by atoms with Gasteiger partial charge in [0.2, 0.25) is 5.43 Å². The third kappa shape index (κ3) is 2.81. The second-order valence-corrected chi connectivity index (χ2v) is 6.63. The lowest BCUT2D eigenvalue weighted by Crippen LogP contribution is -2.24. The maximum Gasteiger partial charge on any atom is 0.341 e. The van der Waals surface area contributed by atoms with Crippen molar-refractivity contribution >= 4 is 22.6 Å². The molecule has 0 spiro atoms. The van der Waals surface area contributed by atoms with E-state index in [-0.39, 0.29) is 22.3 Å². The van der Waals surface area contributed by atoms with Crippen LogP contribution in [-0.4, -0.2) is 28.7 Å². The van der Waals surface area contributed by atoms with Crippen molar-refractivity contribution in [2.75, 3.05) is 18.0 Å². The topological polar surface area (TPSA) is 62.5 Å². The van der Waals surface area contributed by atoms with E-state index in [9.17, 15) is 23.5 Å². The number of hydrogen-bond acceptors (Lipinski definition) is 3. The predicted octanol–water partition coefficient (Wildman–Crippen LogP) is 3.71. The number of rotatable bonds is 3. The fourth-order valence-corrected chi connectivity index (χ4v) is 3.59. The van der Waals surface area contributed by atoms with E-state index in [1.807, 2.05) is 0 Å². The quantitative estimate of drug-likeness (QED) is 0.743. The number of aromatic nitrogens is 1. The molecule has 0 radical (unpaired) electrons. The van der Waals surface area contributed by atoms with Gasteiger partial charge in [-0.15, -0.1) is 0 Å². The molecule has 0 bridgehead atoms. The highest BCUT2D eigenvalue weighted by atomic mass is 19.1. The first-order chi connectivity index (χ1) is 13.4. The Morgan fingerprint density at radius 3 is 2.29 bits per heavy atom. The number of benzene rings is 2. The summed E-state index contributed by atoms with van der Waals surface area (Å²) < 4.78 is 44.6. The maximum atomic E-state index is 15.5. The molecule has 4 rings (SSSR count). The van der Waals surface area contributed by atoms with E-state index >= 15 is 4.39 Å². The smallest absolute Gasteiger partial charge is 0.341 e. The van der Waals surface area contributed by atoms with Crippen LogP contribution < -0.4 is 10.3 Å². The summed E-state index contributed by atoms with van der Waals surface area (Å²) in [5.74, 6) is -3.92. The summed E-state index contributed by atoms with van der Waals surface area (Å²) in [6.45, 7) is 0.959. The van der Waals surface area contributed by atoms with Crippen LogP contribution in [-0.2, 0) is 0 Å². The zero-order valence-corrected chi connectivity index (χ0v) is 14.6. The second-order valence-electron chi connectivity index (χ2n) is 6.63. The van der Waals surface area contributed by atoms with E-state index in [2.05, 4.69) is 0 Å². The normalized spacial score (nSPS) is 14.0. The molecule has 1 fully saturated rings. The summed E-state index contributed by atoms with van der Waals surface area (Å²) in [6.07, 6.45) is 2.56. The number of pyridine rings is 1. The van der Waals surface area contributed by atoms with E-state index in [1.54, 1.807) is 4.90 Å². The summed E-state index contributed by atoms with van der Waals surface area (Å²) in [6, 6.07) is 5.78. The van der Waals surface area contributed by atoms with Gasteiger partial charge < -0.3 is 14.6 Å². The number of fused-ring (bicyclic) bond motifs is 1. The van der Waals surface area contributed by atoms with Crippen LogP contribution in [0.4, 0.5) is 18.9 Å². The van der Waals surface area contributed by atoms with Gasteiger partial charge in [-0.1, -0.05) is 0 Å². The van der Waals surface area contributed by atoms with Crippen LogP contribution in [0.1, 0.15) is 23.2 Å². The lowest BCUT2D eigenvalue weighted by Gasteiger charge is -2.22. The van der Waals surface area contributed by atoms with E-state index < -0.39 is 34.4 Å². The molecular weight excluding hydrogens is 373 g/mol. The summed E-state index contributed by atoms with van der Waals surface area (Å²) >= 11 is 0. The Morgan fingerprint density at radius 1 is 1.04 bits per heavy atom. The SMILES string of the molecule is O=C(O)c1cn(-c2ccc(F)cc2)c2c(F)c(N3CCCC3)c(F)cc2c1=O. The second kappa shape index (κ2) is 6.70. The molecule has 0 saturated carbocycles. The molecule has 2 heterocycles. The molecule has 0 atom stereocenters. The van der Waals surface area contributed by atoms with Gasteiger partial charge in [0.05, 0.1) is 10.9 Å². The van der Waals surface area contributed by atoms with Gasteiger partial charge >= 0.3 is 5.97 Å². The van der Waals surface area contributed by atoms with Gasteiger partial charge in [0, 0.05) is 25.0 Å². The van der Waals surface area contributed by atoms with Crippen molar-refractivity contribution in [3.63, 3.8) is 0 Å². The van der Waals surface area contributed by atoms with Crippen molar-refractivity contribution in [3.05, 3.63) is 69.8 Å². The molecule has 0 unspecified atom stereocenters. The van der Waals surface area contributed by atoms with E-state index in [0.29, 0.717) is 13.1 Å². The number of carboxylic acid groups (broad SMARTS) is 1. The van der Waals surface area contributed by atoms with Crippen LogP contribution in [0.5, 0.6) is 0 Å². The lowest BCUT2D eigenvalue weighted by molar-refractivity contribution is 0.0695. The number of anilines is 1. The number of aromatic carboxylic acids is 1. The molecule has 8 heteroatoms. The number of halogens is 3. The number of hydrogen-bond donors (Lipinski definition) is 1. The van der Waals surface area contributed by atoms with Crippen molar-refractivity contribution in [3.8, 4) is 5.69 Å². The van der Waals surface area contributed by atoms with Crippen molar-refractivity contribution in [2.45, 2.75) is 12.8 Å². The summed E-state index contributed by atoms with van der Waals surface area (Å²) in [5.41, 5.74) is -1.86. The first-order valence-corrected chi connectivity index (χ1v) is 8.70. The standard InChI is InChI=1S/C20H15F3N2O3/c21-11-3-5-12(6-4-11)25-10-14(20(27)28)19(26)13-9-15(22)18(16(23)17(13)25)24-7-1-2-8-24/h3-6,9-10H,1-2,7-8H2,(H,27,28). The fourth-order valence-electron chi connectivity index (χ4n) is 3.59. The van der Waals surface area contributed by atoms with Crippen molar-refractivity contribution < 1.29 is 23.1 Å². The molecule has 5 nitrogen and oxygen atoms in total. The van der Waals surface area contributed by atoms with Gasteiger partial charge in [-0.3, -0.25) is 4.79 Å². The first kappa shape index (κ1) is 18.1. The Hall–Kier alpha value is -3.29. The average Bonchev–Trinajstić information content (AvgIpc) is 3.17. The van der Waals surface area contributed by atoms with E-state index in [1.165, 1.54) is 12.1 Å². The lowest BCUT2D eigenvalue weighted by atomic mass is 10.1. The zero-order valence-electron chi connectivity index (χ0n) is 14.6. The highest BCUT2D eigenvalue weighted by Crippen LogP contribution is 2.33. The summed E-state index contributed by atoms with van der Waals surface area (Å²) in [4.78, 5) is 25.6. The van der Waals surface area contributed by atoms with Gasteiger partial charge in [-0.05, 0) is 43.2 Å². The Kier molecular flexibility index (Phi) is 4.33. The molecule has 1 aliphatic heterocycles. The molecule has 144 valence electrons. The molecular formula is C20H15F3N2O3. The van der Waals surface area contributed by atoms with Crippen LogP contribution in [0.25, 0.3) is 16.6 Å². The van der Waals surface area contributed by atoms with Crippen LogP contribution in [0.15, 0.2) is 41.3 Å². The summed E-state index contributed by atoms with van der Waals surface area (Å²) in [7, 11) is 0. The number of nitrogens with zero attached hydrogens (tertiary/aromatic N) is 2. The van der Waals surface area contributed by atoms with Gasteiger partial charge in [-0.2, -0.15) is 0 Å². The molecule has 1 N–H and O–H groups in total. The third-order valence-corrected chi connectivity index (χ3v) is 4.91. The maximum absolute atomic E-state index is 15.5. The van der Waals surface area contributed by atoms with E-state index in [0.717, 1.165) is 41.8 Å². The highest BCUT2D eigenvalue weighted by molar-refractivity contribution is 5.94. The Balaban J connectivity index is 2.12. The number of carbonyl (C=O) groups is 1. The zero-order chi connectivity index (χ0) is 20.0. The minimum absolute atomic E-state index is 0.242. The average molecular weight is 388 g/mol. The predicted molar refractivity (Wildman–Crippen MR) is 97.8 cm³/mol. The molecule has 3 aromatic rings. The molecule has 28 heavy (non-hydrogen) atoms. The van der Waals surface area contributed by atoms with Gasteiger partial charge in [-0.25, -0.2) is 18.0 Å². The first-order valence-electron chi connectivity index (χ1n) is 8.70. The van der Waals surface area contributed by atoms with Crippen molar-refractivity contribution in [1.82, 2.24) is 4.57 Å². The highest BCUT2D eigenvalue weighted by Gasteiger charge is 2.26. The minimum Gasteiger partial charge on any atom is -0.477 e. The van der Waals surface area contributed by atoms with Gasteiger partial charge in [0.25, 0.3) is 0 Å². The number of carboxylic acids is 1. The van der Waals surface area contributed by atoms with Crippen molar-refractivity contribution in [1.29, 1.82) is 0 Å². The monoisotopic (exact) mass is 388 g/mol. The van der Waals surface area contributed by atoms with Gasteiger partial charge in [0.1, 0.15) is 22.9 Å². The van der Waals surface area contributed by atoms with Gasteiger partial charge in [0.15, 0.2) is 5.82 Å². The van der Waals surface area contributed by atoms with Crippen LogP contribution >= 0.6 is 0 Å².